The molecule has 0 unspecified atom stereocenters. The van der Waals surface area contributed by atoms with Gasteiger partial charge in [0.25, 0.3) is 0 Å². The summed E-state index contributed by atoms with van der Waals surface area (Å²) in [7, 11) is 0. The molecule has 19 nitrogen and oxygen atoms in total. The molecule has 3 aromatic carbocycles. The van der Waals surface area contributed by atoms with Crippen molar-refractivity contribution in [2.24, 2.45) is 0 Å². The largest absolute Gasteiger partial charge is 0.445 e. The van der Waals surface area contributed by atoms with Crippen LogP contribution in [0.4, 0.5) is 0 Å². The third kappa shape index (κ3) is 32.4. The van der Waals surface area contributed by atoms with Crippen molar-refractivity contribution in [3.05, 3.63) is 300 Å². The fourth-order valence-corrected chi connectivity index (χ4v) is 20.0. The fourth-order valence-electron chi connectivity index (χ4n) is 18.1. The fraction of sp³-hybridized carbons (Fsp3) is 0.529. The smallest absolute Gasteiger partial charge is 0.199 e. The SMILES string of the molecule is CC.CC.CC.CC(C)c1cnc2ccccn12.CC(C)c1cnc2ccccn12.CC(C)c1cnc2n1CCCC2.CC(C)c1cnc2sccn12.CC(C)c1cnn2c1CCCC2.CCc1nc(Cc2ccccc2)oc1C(C)C.CCc1nc(Cc2ccccc2)sc1C(C)C.CCc1nn(CC)c(C(C)C)c1C.CCn1nc2c(c1C(C)C)CCCC2.CCn1nc2ccccc2c1C(C)C. The molecule has 0 fully saturated rings. The molecule has 0 spiro atoms. The maximum atomic E-state index is 5.86. The van der Waals surface area contributed by atoms with Gasteiger partial charge in [-0.05, 0) is 216 Å². The Morgan fingerprint density at radius 3 is 1.40 bits per heavy atom. The average molecular weight is 1940 g/mol. The van der Waals surface area contributed by atoms with Gasteiger partial charge in [-0.2, -0.15) is 20.4 Å². The van der Waals surface area contributed by atoms with E-state index in [1.807, 2.05) is 145 Å². The Hall–Kier alpha value is -10.6. The normalized spacial score (nSPS) is 12.3. The van der Waals surface area contributed by atoms with E-state index in [2.05, 4.69) is 348 Å². The Morgan fingerprint density at radius 1 is 0.393 bits per heavy atom. The first-order valence-corrected chi connectivity index (χ1v) is 55.1. The van der Waals surface area contributed by atoms with E-state index in [-0.39, 0.29) is 0 Å². The van der Waals surface area contributed by atoms with Gasteiger partial charge in [-0.3, -0.25) is 23.1 Å². The topological polar surface area (TPSA) is 180 Å². The van der Waals surface area contributed by atoms with Gasteiger partial charge in [0.15, 0.2) is 10.9 Å². The summed E-state index contributed by atoms with van der Waals surface area (Å²) < 4.78 is 23.3. The highest BCUT2D eigenvalue weighted by atomic mass is 32.1. The van der Waals surface area contributed by atoms with Gasteiger partial charge in [0.05, 0.1) is 45.7 Å². The van der Waals surface area contributed by atoms with Crippen molar-refractivity contribution in [1.82, 2.24) is 86.8 Å². The zero-order chi connectivity index (χ0) is 103. The van der Waals surface area contributed by atoms with Crippen molar-refractivity contribution in [3.63, 3.8) is 0 Å². The Kier molecular flexibility index (Phi) is 49.8. The van der Waals surface area contributed by atoms with Crippen LogP contribution in [0.15, 0.2) is 181 Å². The minimum Gasteiger partial charge on any atom is -0.445 e. The standard InChI is InChI=1S/C15H19NO.C15H19NS.C12H20N2.C12H16N2.C11H20N2.C10H16N2.2C10H12N2.C10H16N2.C8H10N2S.3C2H6/c2*1-4-13-15(11(2)3)17-14(16-13)10-12-8-6-5-7-9-12;2*1-4-14-12(9(2)3)10-7-5-6-8-11(10)13-14;1-6-10-9(5)11(8(3)4)13(7-2)12-10;3*1-8(2)9-7-11-10-5-3-4-6-12(9)10;1-8(2)9-7-11-12-6-4-3-5-10(9)12;1-6(2)7-5-9-8-10(7)3-4-11-8;3*1-2/h2*5-9,11H,4,10H2,1-3H3;9H,4-8H2,1-3H3;5-9H,4H2,1-3H3;8H,6-7H2,1-5H3;7-8H,3-6H2,1-2H3;2*3-8H,1-2H3;7-8H,3-6H2,1-2H3;3-6H,1-2H3;3*1-2H3. The second kappa shape index (κ2) is 60.0. The second-order valence-corrected chi connectivity index (χ2v) is 40.5. The van der Waals surface area contributed by atoms with Crippen molar-refractivity contribution >= 4 is 49.8 Å². The van der Waals surface area contributed by atoms with Crippen LogP contribution in [0.5, 0.6) is 0 Å². The molecule has 13 aromatic heterocycles. The van der Waals surface area contributed by atoms with E-state index in [1.54, 1.807) is 16.9 Å². The van der Waals surface area contributed by atoms with Gasteiger partial charge in [0, 0.05) is 156 Å². The second-order valence-electron chi connectivity index (χ2n) is 38.5. The van der Waals surface area contributed by atoms with Gasteiger partial charge < -0.3 is 17.8 Å². The lowest BCUT2D eigenvalue weighted by molar-refractivity contribution is 0.445. The zero-order valence-electron chi connectivity index (χ0n) is 92.4. The molecule has 15 heterocycles. The third-order valence-corrected chi connectivity index (χ3v) is 27.1. The first kappa shape index (κ1) is 116. The van der Waals surface area contributed by atoms with Crippen molar-refractivity contribution < 1.29 is 4.42 Å². The highest BCUT2D eigenvalue weighted by molar-refractivity contribution is 7.15. The monoisotopic (exact) mass is 1940 g/mol. The minimum absolute atomic E-state index is 0.405. The van der Waals surface area contributed by atoms with Crippen LogP contribution in [-0.4, -0.2) is 86.8 Å². The minimum atomic E-state index is 0.405. The summed E-state index contributed by atoms with van der Waals surface area (Å²) in [6.07, 6.45) is 33.7. The summed E-state index contributed by atoms with van der Waals surface area (Å²) in [5, 5.41) is 22.9. The Morgan fingerprint density at radius 2 is 0.886 bits per heavy atom. The first-order chi connectivity index (χ1) is 67.4. The molecule has 21 heteroatoms. The molecule has 0 bridgehead atoms. The van der Waals surface area contributed by atoms with E-state index in [0.29, 0.717) is 59.2 Å². The van der Waals surface area contributed by atoms with Crippen LogP contribution in [0.2, 0.25) is 0 Å². The molecule has 0 saturated heterocycles. The van der Waals surface area contributed by atoms with Crippen molar-refractivity contribution in [2.45, 2.75) is 417 Å². The number of rotatable bonds is 20. The van der Waals surface area contributed by atoms with Crippen molar-refractivity contribution in [3.8, 4) is 0 Å². The van der Waals surface area contributed by atoms with Crippen molar-refractivity contribution in [1.29, 1.82) is 0 Å². The number of aryl methyl sites for hydroxylation is 9. The van der Waals surface area contributed by atoms with E-state index in [9.17, 15) is 0 Å². The number of oxazole rings is 1. The molecule has 3 aliphatic rings. The molecular weight excluding hydrogens is 1760 g/mol. The highest BCUT2D eigenvalue weighted by Gasteiger charge is 2.24. The van der Waals surface area contributed by atoms with Gasteiger partial charge in [0.1, 0.15) is 22.9 Å². The van der Waals surface area contributed by atoms with E-state index in [4.69, 9.17) is 14.5 Å². The third-order valence-electron chi connectivity index (χ3n) is 24.9. The lowest BCUT2D eigenvalue weighted by Crippen LogP contribution is -2.13. The highest BCUT2D eigenvalue weighted by Crippen LogP contribution is 2.34. The van der Waals surface area contributed by atoms with E-state index < -0.39 is 0 Å². The van der Waals surface area contributed by atoms with Crippen LogP contribution in [0.3, 0.4) is 0 Å². The number of benzene rings is 3. The lowest BCUT2D eigenvalue weighted by Gasteiger charge is -2.17. The van der Waals surface area contributed by atoms with E-state index in [1.165, 1.54) is 177 Å². The summed E-state index contributed by atoms with van der Waals surface area (Å²) in [5.74, 6) is 8.74. The van der Waals surface area contributed by atoms with Crippen LogP contribution in [-0.2, 0) is 90.5 Å². The Labute approximate surface area is 851 Å². The quantitative estimate of drug-likeness (QED) is 0.0708. The van der Waals surface area contributed by atoms with Gasteiger partial charge in [-0.1, -0.05) is 292 Å². The molecule has 762 valence electrons. The number of hydrogen-bond acceptors (Lipinski definition) is 13. The van der Waals surface area contributed by atoms with Gasteiger partial charge >= 0.3 is 0 Å². The number of imidazole rings is 4. The van der Waals surface area contributed by atoms with Crippen LogP contribution < -0.4 is 0 Å². The van der Waals surface area contributed by atoms with E-state index in [0.717, 1.165) is 97.4 Å². The molecule has 0 atom stereocenters. The molecule has 0 saturated carbocycles. The van der Waals surface area contributed by atoms with E-state index >= 15 is 0 Å². The molecule has 0 radical (unpaired) electrons. The predicted molar refractivity (Wildman–Crippen MR) is 597 cm³/mol. The maximum absolute atomic E-state index is 5.86. The molecule has 0 N–H and O–H groups in total. The summed E-state index contributed by atoms with van der Waals surface area (Å²) in [6, 6.07) is 41.4. The lowest BCUT2D eigenvalue weighted by atomic mass is 9.92. The summed E-state index contributed by atoms with van der Waals surface area (Å²) in [6.45, 7) is 76.7. The zero-order valence-corrected chi connectivity index (χ0v) is 94.1. The maximum Gasteiger partial charge on any atom is 0.199 e. The number of thiazole rings is 2. The van der Waals surface area contributed by atoms with Crippen LogP contribution in [0, 0.1) is 6.92 Å². The molecule has 140 heavy (non-hydrogen) atoms. The van der Waals surface area contributed by atoms with Gasteiger partial charge in [-0.25, -0.2) is 29.9 Å². The van der Waals surface area contributed by atoms with Crippen molar-refractivity contribution in [2.75, 3.05) is 0 Å². The number of fused-ring (bicyclic) bond motifs is 7. The number of hydrogen-bond donors (Lipinski definition) is 0. The predicted octanol–water partition coefficient (Wildman–Crippen LogP) is 32.6. The van der Waals surface area contributed by atoms with Gasteiger partial charge in [0.2, 0.25) is 0 Å². The first-order valence-electron chi connectivity index (χ1n) is 53.4. The number of nitrogens with zero attached hydrogens (tertiary/aromatic N) is 18. The molecular formula is C119H178N18OS2. The summed E-state index contributed by atoms with van der Waals surface area (Å²) in [4.78, 5) is 29.2. The summed E-state index contributed by atoms with van der Waals surface area (Å²) >= 11 is 3.55. The van der Waals surface area contributed by atoms with Crippen LogP contribution >= 0.6 is 22.7 Å². The average Bonchev–Trinajstić information content (AvgIpc) is 1.68. The molecule has 2 aliphatic heterocycles. The molecule has 0 amide bonds. The Bertz CT molecular complexity index is 5900. The molecule has 16 aromatic rings. The molecule has 1 aliphatic carbocycles. The molecule has 19 rings (SSSR count). The van der Waals surface area contributed by atoms with Crippen LogP contribution in [0.1, 0.15) is 443 Å². The van der Waals surface area contributed by atoms with Gasteiger partial charge in [-0.15, -0.1) is 22.7 Å². The Balaban J connectivity index is 0.000000211. The van der Waals surface area contributed by atoms with Crippen LogP contribution in [0.25, 0.3) is 27.2 Å². The number of aromatic nitrogens is 18. The summed E-state index contributed by atoms with van der Waals surface area (Å²) in [5.41, 5.74) is 26.1. The number of pyridine rings is 2.